The van der Waals surface area contributed by atoms with Crippen molar-refractivity contribution in [1.82, 2.24) is 10.2 Å². The lowest BCUT2D eigenvalue weighted by molar-refractivity contribution is -0.133. The van der Waals surface area contributed by atoms with Crippen molar-refractivity contribution in [2.45, 2.75) is 73.3 Å². The van der Waals surface area contributed by atoms with Gasteiger partial charge >= 0.3 is 0 Å². The summed E-state index contributed by atoms with van der Waals surface area (Å²) in [4.78, 5) is 14.8. The van der Waals surface area contributed by atoms with Crippen molar-refractivity contribution < 1.29 is 4.79 Å². The number of amides is 1. The van der Waals surface area contributed by atoms with Gasteiger partial charge in [0.25, 0.3) is 0 Å². The minimum Gasteiger partial charge on any atom is -0.341 e. The van der Waals surface area contributed by atoms with Crippen LogP contribution < -0.4 is 5.32 Å². The lowest BCUT2D eigenvalue weighted by Gasteiger charge is -2.30. The number of hydrogen-bond acceptors (Lipinski definition) is 2. The van der Waals surface area contributed by atoms with Gasteiger partial charge in [-0.2, -0.15) is 0 Å². The van der Waals surface area contributed by atoms with Gasteiger partial charge in [0.1, 0.15) is 0 Å². The summed E-state index contributed by atoms with van der Waals surface area (Å²) < 4.78 is 0. The van der Waals surface area contributed by atoms with E-state index in [1.807, 2.05) is 0 Å². The fraction of sp³-hybridized carbons (Fsp3) is 0.944. The van der Waals surface area contributed by atoms with Gasteiger partial charge in [0.2, 0.25) is 5.91 Å². The fourth-order valence-electron chi connectivity index (χ4n) is 3.44. The molecule has 3 nitrogen and oxygen atoms in total. The van der Waals surface area contributed by atoms with Crippen LogP contribution in [0.2, 0.25) is 0 Å². The maximum Gasteiger partial charge on any atom is 0.222 e. The molecular weight excluding hydrogens is 260 g/mol. The Labute approximate surface area is 131 Å². The fourth-order valence-corrected chi connectivity index (χ4v) is 3.44. The van der Waals surface area contributed by atoms with Crippen LogP contribution in [0.4, 0.5) is 0 Å². The van der Waals surface area contributed by atoms with Crippen LogP contribution in [0.3, 0.4) is 0 Å². The van der Waals surface area contributed by atoms with Crippen LogP contribution in [0.25, 0.3) is 0 Å². The highest BCUT2D eigenvalue weighted by Crippen LogP contribution is 2.26. The maximum absolute atomic E-state index is 12.7. The van der Waals surface area contributed by atoms with Crippen LogP contribution in [0.15, 0.2) is 0 Å². The number of rotatable bonds is 7. The lowest BCUT2D eigenvalue weighted by Crippen LogP contribution is -2.43. The highest BCUT2D eigenvalue weighted by atomic mass is 16.2. The van der Waals surface area contributed by atoms with Gasteiger partial charge in [-0.3, -0.25) is 4.79 Å². The van der Waals surface area contributed by atoms with E-state index >= 15 is 0 Å². The van der Waals surface area contributed by atoms with Crippen molar-refractivity contribution in [2.24, 2.45) is 17.3 Å². The third-order valence-electron chi connectivity index (χ3n) is 4.03. The molecule has 1 aliphatic heterocycles. The predicted octanol–water partition coefficient (Wildman–Crippen LogP) is 3.69. The van der Waals surface area contributed by atoms with Crippen LogP contribution in [0.5, 0.6) is 0 Å². The van der Waals surface area contributed by atoms with E-state index in [9.17, 15) is 4.79 Å². The van der Waals surface area contributed by atoms with Crippen LogP contribution in [-0.4, -0.2) is 36.5 Å². The Morgan fingerprint density at radius 1 is 1.29 bits per heavy atom. The van der Waals surface area contributed by atoms with Gasteiger partial charge in [0, 0.05) is 25.6 Å². The Balaban J connectivity index is 2.53. The molecule has 0 aromatic heterocycles. The zero-order valence-corrected chi connectivity index (χ0v) is 15.0. The molecule has 2 atom stereocenters. The van der Waals surface area contributed by atoms with Gasteiger partial charge < -0.3 is 10.2 Å². The van der Waals surface area contributed by atoms with Gasteiger partial charge in [-0.25, -0.2) is 0 Å². The Bertz CT molecular complexity index is 314. The molecule has 2 unspecified atom stereocenters. The number of carbonyl (C=O) groups excluding carboxylic acids is 1. The molecule has 1 aliphatic rings. The summed E-state index contributed by atoms with van der Waals surface area (Å²) in [5, 5.41) is 3.51. The van der Waals surface area contributed by atoms with Gasteiger partial charge in [-0.05, 0) is 43.1 Å². The minimum atomic E-state index is 0.301. The van der Waals surface area contributed by atoms with Crippen molar-refractivity contribution in [2.75, 3.05) is 19.6 Å². The van der Waals surface area contributed by atoms with E-state index in [4.69, 9.17) is 0 Å². The summed E-state index contributed by atoms with van der Waals surface area (Å²) in [5.41, 5.74) is 0.301. The molecule has 124 valence electrons. The highest BCUT2D eigenvalue weighted by molar-refractivity contribution is 5.76. The van der Waals surface area contributed by atoms with Crippen LogP contribution in [-0.2, 0) is 4.79 Å². The molecule has 1 saturated heterocycles. The molecule has 0 radical (unpaired) electrons. The van der Waals surface area contributed by atoms with Crippen LogP contribution >= 0.6 is 0 Å². The average molecular weight is 296 g/mol. The van der Waals surface area contributed by atoms with Crippen molar-refractivity contribution in [1.29, 1.82) is 0 Å². The summed E-state index contributed by atoms with van der Waals surface area (Å²) in [7, 11) is 0. The van der Waals surface area contributed by atoms with Gasteiger partial charge in [-0.1, -0.05) is 41.5 Å². The molecular formula is C18H36N2O. The lowest BCUT2D eigenvalue weighted by atomic mass is 9.84. The summed E-state index contributed by atoms with van der Waals surface area (Å²) in [6, 6.07) is 0.505. The second kappa shape index (κ2) is 8.17. The van der Waals surface area contributed by atoms with Crippen LogP contribution in [0.1, 0.15) is 67.2 Å². The molecule has 1 N–H and O–H groups in total. The topological polar surface area (TPSA) is 32.3 Å². The largest absolute Gasteiger partial charge is 0.341 e. The van der Waals surface area contributed by atoms with Crippen molar-refractivity contribution in [3.05, 3.63) is 0 Å². The van der Waals surface area contributed by atoms with Crippen molar-refractivity contribution >= 4 is 5.91 Å². The summed E-state index contributed by atoms with van der Waals surface area (Å²) in [6.07, 6.45) is 4.25. The number of nitrogens with one attached hydrogen (secondary N) is 1. The van der Waals surface area contributed by atoms with Crippen molar-refractivity contribution in [3.8, 4) is 0 Å². The van der Waals surface area contributed by atoms with Crippen molar-refractivity contribution in [3.63, 3.8) is 0 Å². The maximum atomic E-state index is 12.7. The van der Waals surface area contributed by atoms with E-state index < -0.39 is 0 Å². The summed E-state index contributed by atoms with van der Waals surface area (Å²) in [5.74, 6) is 1.34. The van der Waals surface area contributed by atoms with Gasteiger partial charge in [-0.15, -0.1) is 0 Å². The standard InChI is InChI=1S/C18H36N2O/c1-14(2)12-20(13-16-8-7-9-19-16)17(21)10-15(3)11-18(4,5)6/h14-16,19H,7-13H2,1-6H3. The molecule has 0 bridgehead atoms. The Morgan fingerprint density at radius 2 is 1.95 bits per heavy atom. The average Bonchev–Trinajstić information content (AvgIpc) is 2.77. The summed E-state index contributed by atoms with van der Waals surface area (Å²) >= 11 is 0. The molecule has 0 aromatic rings. The Hall–Kier alpha value is -0.570. The first-order valence-electron chi connectivity index (χ1n) is 8.68. The molecule has 0 aromatic carbocycles. The van der Waals surface area contributed by atoms with E-state index in [-0.39, 0.29) is 0 Å². The first-order chi connectivity index (χ1) is 9.67. The molecule has 1 heterocycles. The van der Waals surface area contributed by atoms with E-state index in [2.05, 4.69) is 51.8 Å². The molecule has 1 rings (SSSR count). The van der Waals surface area contributed by atoms with E-state index in [0.717, 1.165) is 26.1 Å². The molecule has 0 aliphatic carbocycles. The first-order valence-corrected chi connectivity index (χ1v) is 8.68. The zero-order chi connectivity index (χ0) is 16.0. The van der Waals surface area contributed by atoms with E-state index in [0.29, 0.717) is 35.6 Å². The van der Waals surface area contributed by atoms with Crippen LogP contribution in [0, 0.1) is 17.3 Å². The normalized spacial score (nSPS) is 20.8. The molecule has 3 heteroatoms. The Morgan fingerprint density at radius 3 is 2.43 bits per heavy atom. The van der Waals surface area contributed by atoms with E-state index in [1.165, 1.54) is 12.8 Å². The monoisotopic (exact) mass is 296 g/mol. The second-order valence-electron chi connectivity index (χ2n) is 8.56. The Kier molecular flexibility index (Phi) is 7.19. The smallest absolute Gasteiger partial charge is 0.222 e. The molecule has 0 spiro atoms. The number of nitrogens with zero attached hydrogens (tertiary/aromatic N) is 1. The molecule has 1 fully saturated rings. The highest BCUT2D eigenvalue weighted by Gasteiger charge is 2.24. The summed E-state index contributed by atoms with van der Waals surface area (Å²) in [6.45, 7) is 16.2. The predicted molar refractivity (Wildman–Crippen MR) is 90.3 cm³/mol. The van der Waals surface area contributed by atoms with Gasteiger partial charge in [0.05, 0.1) is 0 Å². The van der Waals surface area contributed by atoms with Gasteiger partial charge in [0.15, 0.2) is 0 Å². The third-order valence-corrected chi connectivity index (χ3v) is 4.03. The number of hydrogen-bond donors (Lipinski definition) is 1. The molecule has 21 heavy (non-hydrogen) atoms. The van der Waals surface area contributed by atoms with E-state index in [1.54, 1.807) is 0 Å². The molecule has 1 amide bonds. The zero-order valence-electron chi connectivity index (χ0n) is 15.0. The minimum absolute atomic E-state index is 0.301. The first kappa shape index (κ1) is 18.5. The SMILES string of the molecule is CC(C)CN(CC1CCCN1)C(=O)CC(C)CC(C)(C)C. The second-order valence-corrected chi connectivity index (χ2v) is 8.56. The number of carbonyl (C=O) groups is 1. The quantitative estimate of drug-likeness (QED) is 0.777. The molecule has 0 saturated carbocycles. The third kappa shape index (κ3) is 7.85.